The zero-order chi connectivity index (χ0) is 11.0. The molecule has 0 saturated carbocycles. The highest BCUT2D eigenvalue weighted by Crippen LogP contribution is 2.34. The van der Waals surface area contributed by atoms with E-state index in [9.17, 15) is 4.79 Å². The average molecular weight is 240 g/mol. The zero-order valence-electron chi connectivity index (χ0n) is 8.14. The highest BCUT2D eigenvalue weighted by atomic mass is 32.1. The van der Waals surface area contributed by atoms with Crippen LogP contribution in [0.5, 0.6) is 0 Å². The van der Waals surface area contributed by atoms with Crippen molar-refractivity contribution in [2.24, 2.45) is 0 Å². The Morgan fingerprint density at radius 3 is 2.87 bits per heavy atom. The summed E-state index contributed by atoms with van der Waals surface area (Å²) in [6, 6.07) is 0. The Balaban J connectivity index is 2.75. The van der Waals surface area contributed by atoms with Crippen LogP contribution < -0.4 is 0 Å². The summed E-state index contributed by atoms with van der Waals surface area (Å²) in [5.41, 5.74) is 0.816. The summed E-state index contributed by atoms with van der Waals surface area (Å²) >= 11 is 5.58. The predicted octanol–water partition coefficient (Wildman–Crippen LogP) is 2.08. The first-order chi connectivity index (χ1) is 7.15. The van der Waals surface area contributed by atoms with Gasteiger partial charge in [-0.25, -0.2) is 14.8 Å². The lowest BCUT2D eigenvalue weighted by Crippen LogP contribution is -1.98. The number of rotatable bonds is 1. The number of esters is 1. The Morgan fingerprint density at radius 1 is 1.53 bits per heavy atom. The van der Waals surface area contributed by atoms with Crippen LogP contribution in [0.25, 0.3) is 10.2 Å². The van der Waals surface area contributed by atoms with Crippen molar-refractivity contribution in [1.29, 1.82) is 0 Å². The molecule has 2 rings (SSSR count). The lowest BCUT2D eigenvalue weighted by atomic mass is 10.3. The monoisotopic (exact) mass is 240 g/mol. The molecule has 0 spiro atoms. The van der Waals surface area contributed by atoms with Crippen molar-refractivity contribution in [1.82, 2.24) is 9.97 Å². The van der Waals surface area contributed by atoms with E-state index in [0.29, 0.717) is 9.77 Å². The molecule has 0 fully saturated rings. The Kier molecular flexibility index (Phi) is 2.62. The fourth-order valence-electron chi connectivity index (χ4n) is 1.29. The van der Waals surface area contributed by atoms with Gasteiger partial charge in [0.15, 0.2) is 0 Å². The number of thiol groups is 1. The molecule has 0 amide bonds. The number of aromatic nitrogens is 2. The summed E-state index contributed by atoms with van der Waals surface area (Å²) in [6.45, 7) is 1.86. The van der Waals surface area contributed by atoms with Crippen LogP contribution in [0.3, 0.4) is 0 Å². The third-order valence-electron chi connectivity index (χ3n) is 2.02. The SMILES string of the molecule is COC(=O)c1sc2ncnc(C)c2c1S. The third kappa shape index (κ3) is 1.59. The van der Waals surface area contributed by atoms with E-state index >= 15 is 0 Å². The molecule has 0 saturated heterocycles. The maximum absolute atomic E-state index is 11.4. The van der Waals surface area contributed by atoms with Crippen molar-refractivity contribution in [2.75, 3.05) is 7.11 Å². The summed E-state index contributed by atoms with van der Waals surface area (Å²) in [7, 11) is 1.35. The van der Waals surface area contributed by atoms with Crippen molar-refractivity contribution in [3.05, 3.63) is 16.9 Å². The summed E-state index contributed by atoms with van der Waals surface area (Å²) in [6.07, 6.45) is 1.47. The highest BCUT2D eigenvalue weighted by Gasteiger charge is 2.18. The lowest BCUT2D eigenvalue weighted by molar-refractivity contribution is 0.0603. The fraction of sp³-hybridized carbons (Fsp3) is 0.222. The number of carbonyl (C=O) groups is 1. The number of methoxy groups -OCH3 is 1. The molecular formula is C9H8N2O2S2. The van der Waals surface area contributed by atoms with Gasteiger partial charge in [0.05, 0.1) is 12.8 Å². The average Bonchev–Trinajstić information content (AvgIpc) is 2.56. The molecule has 6 heteroatoms. The van der Waals surface area contributed by atoms with Gasteiger partial charge in [0.2, 0.25) is 0 Å². The fourth-order valence-corrected chi connectivity index (χ4v) is 2.87. The van der Waals surface area contributed by atoms with Crippen LogP contribution >= 0.6 is 24.0 Å². The molecule has 0 bridgehead atoms. The molecule has 0 radical (unpaired) electrons. The van der Waals surface area contributed by atoms with Crippen molar-refractivity contribution in [3.8, 4) is 0 Å². The zero-order valence-corrected chi connectivity index (χ0v) is 9.85. The number of aryl methyl sites for hydroxylation is 1. The van der Waals surface area contributed by atoms with Gasteiger partial charge in [-0.2, -0.15) is 0 Å². The molecule has 0 unspecified atom stereocenters. The summed E-state index contributed by atoms with van der Waals surface area (Å²) in [5, 5.41) is 0.825. The Labute approximate surface area is 95.7 Å². The number of carbonyl (C=O) groups excluding carboxylic acids is 1. The second-order valence-corrected chi connectivity index (χ2v) is 4.36. The molecule has 4 nitrogen and oxygen atoms in total. The van der Waals surface area contributed by atoms with Gasteiger partial charge in [-0.15, -0.1) is 24.0 Å². The second-order valence-electron chi connectivity index (χ2n) is 2.91. The number of hydrogen-bond acceptors (Lipinski definition) is 6. The molecule has 2 heterocycles. The van der Waals surface area contributed by atoms with Gasteiger partial charge in [-0.05, 0) is 6.92 Å². The van der Waals surface area contributed by atoms with Crippen LogP contribution in [0.4, 0.5) is 0 Å². The van der Waals surface area contributed by atoms with E-state index in [1.807, 2.05) is 6.92 Å². The first kappa shape index (κ1) is 10.4. The van der Waals surface area contributed by atoms with E-state index in [-0.39, 0.29) is 5.97 Å². The van der Waals surface area contributed by atoms with Crippen LogP contribution in [-0.2, 0) is 4.74 Å². The number of nitrogens with zero attached hydrogens (tertiary/aromatic N) is 2. The third-order valence-corrected chi connectivity index (χ3v) is 3.70. The van der Waals surface area contributed by atoms with Crippen LogP contribution in [0, 0.1) is 6.92 Å². The Morgan fingerprint density at radius 2 is 2.27 bits per heavy atom. The predicted molar refractivity (Wildman–Crippen MR) is 60.7 cm³/mol. The Bertz CT molecular complexity index is 536. The highest BCUT2D eigenvalue weighted by molar-refractivity contribution is 7.81. The largest absolute Gasteiger partial charge is 0.465 e. The van der Waals surface area contributed by atoms with Crippen LogP contribution in [0.1, 0.15) is 15.4 Å². The number of ether oxygens (including phenoxy) is 1. The minimum absolute atomic E-state index is 0.387. The smallest absolute Gasteiger partial charge is 0.349 e. The normalized spacial score (nSPS) is 10.6. The first-order valence-corrected chi connectivity index (χ1v) is 5.43. The van der Waals surface area contributed by atoms with Crippen LogP contribution in [0.2, 0.25) is 0 Å². The molecule has 0 aliphatic carbocycles. The quantitative estimate of drug-likeness (QED) is 0.612. The van der Waals surface area contributed by atoms with E-state index in [4.69, 9.17) is 0 Å². The summed E-state index contributed by atoms with van der Waals surface area (Å²) < 4.78 is 4.66. The van der Waals surface area contributed by atoms with E-state index in [2.05, 4.69) is 27.3 Å². The molecule has 15 heavy (non-hydrogen) atoms. The van der Waals surface area contributed by atoms with Gasteiger partial charge in [-0.1, -0.05) is 0 Å². The van der Waals surface area contributed by atoms with E-state index in [1.54, 1.807) is 0 Å². The van der Waals surface area contributed by atoms with Gasteiger partial charge in [-0.3, -0.25) is 0 Å². The van der Waals surface area contributed by atoms with Crippen molar-refractivity contribution in [2.45, 2.75) is 11.8 Å². The molecule has 0 atom stereocenters. The van der Waals surface area contributed by atoms with Gasteiger partial charge >= 0.3 is 5.97 Å². The molecule has 0 aromatic carbocycles. The molecule has 2 aromatic heterocycles. The molecule has 78 valence electrons. The van der Waals surface area contributed by atoms with Gasteiger partial charge in [0, 0.05) is 10.3 Å². The van der Waals surface area contributed by atoms with E-state index in [1.165, 1.54) is 24.8 Å². The minimum atomic E-state index is -0.387. The van der Waals surface area contributed by atoms with Crippen molar-refractivity contribution in [3.63, 3.8) is 0 Å². The first-order valence-electron chi connectivity index (χ1n) is 4.16. The molecule has 0 aliphatic rings. The van der Waals surface area contributed by atoms with Crippen molar-refractivity contribution >= 4 is 40.2 Å². The maximum Gasteiger partial charge on any atom is 0.349 e. The summed E-state index contributed by atoms with van der Waals surface area (Å²) in [4.78, 5) is 21.4. The number of fused-ring (bicyclic) bond motifs is 1. The van der Waals surface area contributed by atoms with Crippen LogP contribution in [0.15, 0.2) is 11.2 Å². The number of hydrogen-bond donors (Lipinski definition) is 1. The summed E-state index contributed by atoms with van der Waals surface area (Å²) in [5.74, 6) is -0.387. The number of thiophene rings is 1. The molecular weight excluding hydrogens is 232 g/mol. The Hall–Kier alpha value is -1.14. The van der Waals surface area contributed by atoms with E-state index < -0.39 is 0 Å². The minimum Gasteiger partial charge on any atom is -0.465 e. The van der Waals surface area contributed by atoms with Crippen LogP contribution in [-0.4, -0.2) is 23.0 Å². The molecule has 2 aromatic rings. The van der Waals surface area contributed by atoms with Crippen molar-refractivity contribution < 1.29 is 9.53 Å². The maximum atomic E-state index is 11.4. The lowest BCUT2D eigenvalue weighted by Gasteiger charge is -1.96. The second kappa shape index (κ2) is 3.79. The van der Waals surface area contributed by atoms with Gasteiger partial charge in [0.1, 0.15) is 16.0 Å². The molecule has 0 N–H and O–H groups in total. The topological polar surface area (TPSA) is 52.1 Å². The van der Waals surface area contributed by atoms with Gasteiger partial charge < -0.3 is 4.74 Å². The van der Waals surface area contributed by atoms with E-state index in [0.717, 1.165) is 15.9 Å². The standard InChI is InChI=1S/C9H8N2O2S2/c1-4-5-6(14)7(9(12)13-2)15-8(5)11-3-10-4/h3,14H,1-2H3. The van der Waals surface area contributed by atoms with Gasteiger partial charge in [0.25, 0.3) is 0 Å². The molecule has 0 aliphatic heterocycles.